The third-order valence-electron chi connectivity index (χ3n) is 1.90. The van der Waals surface area contributed by atoms with E-state index in [1.54, 1.807) is 0 Å². The molecule has 0 amide bonds. The van der Waals surface area contributed by atoms with Crippen molar-refractivity contribution in [2.75, 3.05) is 0 Å². The molecule has 0 heterocycles. The molecule has 0 rings (SSSR count). The van der Waals surface area contributed by atoms with Crippen LogP contribution in [0.25, 0.3) is 0 Å². The molecule has 0 aromatic rings. The summed E-state index contributed by atoms with van der Waals surface area (Å²) in [5.41, 5.74) is 0. The minimum absolute atomic E-state index is 0.318. The number of hydrogen-bond acceptors (Lipinski definition) is 1. The van der Waals surface area contributed by atoms with E-state index in [0.29, 0.717) is 5.78 Å². The van der Waals surface area contributed by atoms with Gasteiger partial charge in [0.05, 0.1) is 3.58 Å². The second kappa shape index (κ2) is 8.73. The molecule has 0 aliphatic carbocycles. The molecule has 0 aromatic heterocycles. The van der Waals surface area contributed by atoms with Gasteiger partial charge < -0.3 is 0 Å². The summed E-state index contributed by atoms with van der Waals surface area (Å²) in [6, 6.07) is 0. The molecular formula is C11H19IO. The maximum absolute atomic E-state index is 11.4. The molecule has 0 bridgehead atoms. The zero-order chi connectivity index (χ0) is 10.1. The van der Waals surface area contributed by atoms with Crippen LogP contribution in [0.2, 0.25) is 0 Å². The Morgan fingerprint density at radius 2 is 1.85 bits per heavy atom. The Balaban J connectivity index is 3.72. The Bertz CT molecular complexity index is 173. The lowest BCUT2D eigenvalue weighted by molar-refractivity contribution is -0.114. The van der Waals surface area contributed by atoms with E-state index in [9.17, 15) is 4.79 Å². The van der Waals surface area contributed by atoms with Crippen molar-refractivity contribution in [2.45, 2.75) is 52.4 Å². The van der Waals surface area contributed by atoms with Crippen LogP contribution in [-0.4, -0.2) is 5.78 Å². The molecule has 0 N–H and O–H groups in total. The summed E-state index contributed by atoms with van der Waals surface area (Å²) in [5.74, 6) is 0.318. The van der Waals surface area contributed by atoms with E-state index >= 15 is 0 Å². The summed E-state index contributed by atoms with van der Waals surface area (Å²) in [6.45, 7) is 4.28. The van der Waals surface area contributed by atoms with Crippen molar-refractivity contribution >= 4 is 28.4 Å². The van der Waals surface area contributed by atoms with Gasteiger partial charge in [0, 0.05) is 6.42 Å². The predicted molar refractivity (Wildman–Crippen MR) is 66.2 cm³/mol. The number of halogens is 1. The van der Waals surface area contributed by atoms with Gasteiger partial charge in [-0.2, -0.15) is 0 Å². The fourth-order valence-electron chi connectivity index (χ4n) is 1.00. The Morgan fingerprint density at radius 3 is 2.38 bits per heavy atom. The number of allylic oxidation sites excluding steroid dienone is 2. The molecule has 13 heavy (non-hydrogen) atoms. The smallest absolute Gasteiger partial charge is 0.168 e. The number of carbonyl (C=O) groups excluding carboxylic acids is 1. The molecule has 0 fully saturated rings. The molecule has 0 saturated heterocycles. The summed E-state index contributed by atoms with van der Waals surface area (Å²) < 4.78 is 0.930. The quantitative estimate of drug-likeness (QED) is 0.389. The predicted octanol–water partition coefficient (Wildman–Crippen LogP) is 4.25. The topological polar surface area (TPSA) is 17.1 Å². The molecule has 0 spiro atoms. The average molecular weight is 294 g/mol. The van der Waals surface area contributed by atoms with Gasteiger partial charge in [-0.3, -0.25) is 4.79 Å². The lowest BCUT2D eigenvalue weighted by Gasteiger charge is -1.97. The summed E-state index contributed by atoms with van der Waals surface area (Å²) in [5, 5.41) is 0. The van der Waals surface area contributed by atoms with Crippen molar-refractivity contribution in [1.82, 2.24) is 0 Å². The maximum Gasteiger partial charge on any atom is 0.168 e. The fourth-order valence-corrected chi connectivity index (χ4v) is 1.58. The van der Waals surface area contributed by atoms with Crippen LogP contribution in [0, 0.1) is 0 Å². The van der Waals surface area contributed by atoms with Crippen molar-refractivity contribution < 1.29 is 4.79 Å². The zero-order valence-corrected chi connectivity index (χ0v) is 10.8. The number of ketones is 1. The second-order valence-electron chi connectivity index (χ2n) is 3.22. The van der Waals surface area contributed by atoms with Crippen LogP contribution in [-0.2, 0) is 4.79 Å². The zero-order valence-electron chi connectivity index (χ0n) is 8.61. The molecule has 0 atom stereocenters. The van der Waals surface area contributed by atoms with Gasteiger partial charge in [-0.25, -0.2) is 0 Å². The van der Waals surface area contributed by atoms with Crippen LogP contribution in [0.15, 0.2) is 9.66 Å². The highest BCUT2D eigenvalue weighted by atomic mass is 127. The van der Waals surface area contributed by atoms with Gasteiger partial charge in [0.15, 0.2) is 5.78 Å². The van der Waals surface area contributed by atoms with Crippen molar-refractivity contribution in [3.8, 4) is 0 Å². The molecule has 2 heteroatoms. The highest BCUT2D eigenvalue weighted by molar-refractivity contribution is 14.1. The number of carbonyl (C=O) groups is 1. The van der Waals surface area contributed by atoms with Crippen LogP contribution in [0.4, 0.5) is 0 Å². The van der Waals surface area contributed by atoms with Gasteiger partial charge in [-0.05, 0) is 35.4 Å². The van der Waals surface area contributed by atoms with E-state index in [-0.39, 0.29) is 0 Å². The molecule has 0 aliphatic heterocycles. The van der Waals surface area contributed by atoms with E-state index in [0.717, 1.165) is 29.3 Å². The van der Waals surface area contributed by atoms with Crippen molar-refractivity contribution in [3.05, 3.63) is 9.66 Å². The minimum Gasteiger partial charge on any atom is -0.294 e. The Labute approximate surface area is 95.1 Å². The average Bonchev–Trinajstić information content (AvgIpc) is 2.14. The summed E-state index contributed by atoms with van der Waals surface area (Å²) in [6.07, 6.45) is 8.35. The van der Waals surface area contributed by atoms with E-state index in [4.69, 9.17) is 0 Å². The normalized spacial score (nSPS) is 11.8. The van der Waals surface area contributed by atoms with Gasteiger partial charge in [0.25, 0.3) is 0 Å². The molecule has 0 aromatic carbocycles. The molecule has 0 aliphatic rings. The van der Waals surface area contributed by atoms with Crippen molar-refractivity contribution in [3.63, 3.8) is 0 Å². The molecule has 76 valence electrons. The van der Waals surface area contributed by atoms with Gasteiger partial charge in [0.2, 0.25) is 0 Å². The minimum atomic E-state index is 0.318. The lowest BCUT2D eigenvalue weighted by atomic mass is 10.1. The molecule has 0 radical (unpaired) electrons. The Morgan fingerprint density at radius 1 is 1.23 bits per heavy atom. The first-order valence-electron chi connectivity index (χ1n) is 5.11. The molecule has 0 unspecified atom stereocenters. The molecule has 0 saturated carbocycles. The first-order chi connectivity index (χ1) is 6.22. The third kappa shape index (κ3) is 7.23. The SMILES string of the molecule is CCCC/C=C(\I)C(=O)CCCC. The second-order valence-corrected chi connectivity index (χ2v) is 4.38. The van der Waals surface area contributed by atoms with E-state index < -0.39 is 0 Å². The van der Waals surface area contributed by atoms with Crippen LogP contribution < -0.4 is 0 Å². The van der Waals surface area contributed by atoms with Gasteiger partial charge in [-0.15, -0.1) is 0 Å². The van der Waals surface area contributed by atoms with Crippen LogP contribution in [0.1, 0.15) is 52.4 Å². The third-order valence-corrected chi connectivity index (χ3v) is 2.95. The summed E-state index contributed by atoms with van der Waals surface area (Å²) in [7, 11) is 0. The van der Waals surface area contributed by atoms with Crippen molar-refractivity contribution in [1.29, 1.82) is 0 Å². The molecular weight excluding hydrogens is 275 g/mol. The summed E-state index contributed by atoms with van der Waals surface area (Å²) in [4.78, 5) is 11.4. The lowest BCUT2D eigenvalue weighted by Crippen LogP contribution is -1.96. The first-order valence-corrected chi connectivity index (χ1v) is 6.19. The van der Waals surface area contributed by atoms with E-state index in [1.165, 1.54) is 12.8 Å². The van der Waals surface area contributed by atoms with Crippen LogP contribution >= 0.6 is 22.6 Å². The maximum atomic E-state index is 11.4. The number of unbranched alkanes of at least 4 members (excludes halogenated alkanes) is 3. The summed E-state index contributed by atoms with van der Waals surface area (Å²) >= 11 is 2.16. The van der Waals surface area contributed by atoms with Gasteiger partial charge >= 0.3 is 0 Å². The van der Waals surface area contributed by atoms with Gasteiger partial charge in [-0.1, -0.05) is 39.2 Å². The number of rotatable bonds is 7. The number of Topliss-reactive ketones (excluding diaryl/α,β-unsaturated/α-hetero) is 1. The van der Waals surface area contributed by atoms with Gasteiger partial charge in [0.1, 0.15) is 0 Å². The largest absolute Gasteiger partial charge is 0.294 e. The number of hydrogen-bond donors (Lipinski definition) is 0. The Kier molecular flexibility index (Phi) is 8.82. The monoisotopic (exact) mass is 294 g/mol. The Hall–Kier alpha value is 0.140. The molecule has 1 nitrogen and oxygen atoms in total. The fraction of sp³-hybridized carbons (Fsp3) is 0.727. The van der Waals surface area contributed by atoms with Crippen LogP contribution in [0.5, 0.6) is 0 Å². The van der Waals surface area contributed by atoms with E-state index in [1.807, 2.05) is 0 Å². The van der Waals surface area contributed by atoms with Crippen LogP contribution in [0.3, 0.4) is 0 Å². The highest BCUT2D eigenvalue weighted by Gasteiger charge is 2.03. The highest BCUT2D eigenvalue weighted by Crippen LogP contribution is 2.13. The van der Waals surface area contributed by atoms with Crippen molar-refractivity contribution in [2.24, 2.45) is 0 Å². The van der Waals surface area contributed by atoms with E-state index in [2.05, 4.69) is 42.5 Å². The first kappa shape index (κ1) is 13.1. The standard InChI is InChI=1S/C11H19IO/c1-3-5-7-8-10(12)11(13)9-6-4-2/h8H,3-7,9H2,1-2H3/b10-8-.